The molecule has 6 heteroatoms. The molecule has 0 fully saturated rings. The third-order valence-electron chi connectivity index (χ3n) is 1.79. The van der Waals surface area contributed by atoms with Crippen molar-refractivity contribution in [1.29, 1.82) is 5.26 Å². The molecule has 15 heavy (non-hydrogen) atoms. The van der Waals surface area contributed by atoms with Crippen molar-refractivity contribution in [2.75, 3.05) is 20.4 Å². The number of carbonyl (C=O) groups is 1. The van der Waals surface area contributed by atoms with E-state index < -0.39 is 7.60 Å². The molecule has 0 saturated carbocycles. The topological polar surface area (TPSA) is 76.4 Å². The van der Waals surface area contributed by atoms with Crippen molar-refractivity contribution >= 4 is 13.4 Å². The van der Waals surface area contributed by atoms with Gasteiger partial charge < -0.3 is 9.05 Å². The quantitative estimate of drug-likeness (QED) is 0.494. The zero-order valence-corrected chi connectivity index (χ0v) is 9.75. The number of rotatable bonds is 7. The average molecular weight is 231 g/mol. The Labute approximate surface area is 89.2 Å². The number of Topliss-reactive ketones (excluding diaryl/α,β-unsaturated/α-hetero) is 1. The molecule has 0 saturated heterocycles. The van der Waals surface area contributed by atoms with Crippen LogP contribution in [0.3, 0.4) is 0 Å². The van der Waals surface area contributed by atoms with E-state index in [9.17, 15) is 9.36 Å². The number of hydrogen-bond acceptors (Lipinski definition) is 5. The van der Waals surface area contributed by atoms with Crippen LogP contribution in [-0.2, 0) is 18.4 Å². The van der Waals surface area contributed by atoms with Crippen LogP contribution in [0.25, 0.3) is 0 Å². The van der Waals surface area contributed by atoms with Crippen molar-refractivity contribution in [3.8, 4) is 6.07 Å². The Balaban J connectivity index is 4.07. The lowest BCUT2D eigenvalue weighted by Crippen LogP contribution is -2.04. The summed E-state index contributed by atoms with van der Waals surface area (Å²) in [6.07, 6.45) is 0.0706. The van der Waals surface area contributed by atoms with Gasteiger partial charge in [-0.3, -0.25) is 9.36 Å². The van der Waals surface area contributed by atoms with Crippen molar-refractivity contribution in [3.63, 3.8) is 0 Å². The molecule has 0 aliphatic rings. The first-order valence-corrected chi connectivity index (χ1v) is 6.00. The Morgan fingerprint density at radius 2 is 2.00 bits per heavy atom. The number of carbonyl (C=O) groups excluding carboxylic acids is 1. The molecule has 0 aromatic carbocycles. The lowest BCUT2D eigenvalue weighted by atomic mass is 10.1. The fourth-order valence-electron chi connectivity index (χ4n) is 0.885. The van der Waals surface area contributed by atoms with Crippen molar-refractivity contribution in [1.82, 2.24) is 0 Å². The Bertz CT molecular complexity index is 323. The molecule has 0 atom stereocenters. The minimum Gasteiger partial charge on any atom is -0.312 e. The van der Waals surface area contributed by atoms with Gasteiger partial charge in [-0.15, -0.1) is 0 Å². The fourth-order valence-corrected chi connectivity index (χ4v) is 1.92. The van der Waals surface area contributed by atoms with Crippen LogP contribution in [0, 0.1) is 11.3 Å². The van der Waals surface area contributed by atoms with E-state index in [4.69, 9.17) is 5.26 Å². The van der Waals surface area contributed by atoms with Crippen molar-refractivity contribution in [2.45, 2.75) is 12.8 Å². The Morgan fingerprint density at radius 3 is 2.40 bits per heavy atom. The average Bonchev–Trinajstić information content (AvgIpc) is 2.25. The number of nitrogens with zero attached hydrogens (tertiary/aromatic N) is 1. The highest BCUT2D eigenvalue weighted by molar-refractivity contribution is 7.53. The first-order valence-electron chi connectivity index (χ1n) is 4.27. The van der Waals surface area contributed by atoms with E-state index in [0.717, 1.165) is 0 Å². The van der Waals surface area contributed by atoms with Crippen LogP contribution in [0.4, 0.5) is 0 Å². The molecule has 84 valence electrons. The summed E-state index contributed by atoms with van der Waals surface area (Å²) in [5.41, 5.74) is 0.199. The molecule has 0 unspecified atom stereocenters. The molecule has 0 N–H and O–H groups in total. The van der Waals surface area contributed by atoms with E-state index in [1.165, 1.54) is 14.2 Å². The van der Waals surface area contributed by atoms with Gasteiger partial charge in [0, 0.05) is 32.6 Å². The van der Waals surface area contributed by atoms with Crippen molar-refractivity contribution in [2.24, 2.45) is 0 Å². The summed E-state index contributed by atoms with van der Waals surface area (Å²) in [5.74, 6) is -0.198. The van der Waals surface area contributed by atoms with Gasteiger partial charge in [0.15, 0.2) is 0 Å². The second-order valence-corrected chi connectivity index (χ2v) is 5.28. The molecule has 0 aliphatic carbocycles. The van der Waals surface area contributed by atoms with Gasteiger partial charge in [-0.1, -0.05) is 6.58 Å². The number of ketones is 1. The molecule has 0 bridgehead atoms. The van der Waals surface area contributed by atoms with Crippen LogP contribution in [0.2, 0.25) is 0 Å². The van der Waals surface area contributed by atoms with Gasteiger partial charge in [0.2, 0.25) is 0 Å². The summed E-state index contributed by atoms with van der Waals surface area (Å²) in [5, 5.41) is 8.40. The van der Waals surface area contributed by atoms with E-state index in [1.807, 2.05) is 0 Å². The third kappa shape index (κ3) is 5.48. The first-order chi connectivity index (χ1) is 6.97. The lowest BCUT2D eigenvalue weighted by molar-refractivity contribution is -0.118. The summed E-state index contributed by atoms with van der Waals surface area (Å²) in [4.78, 5) is 11.2. The summed E-state index contributed by atoms with van der Waals surface area (Å²) in [7, 11) is -0.587. The largest absolute Gasteiger partial charge is 0.330 e. The summed E-state index contributed by atoms with van der Waals surface area (Å²) in [6, 6.07) is 1.77. The number of nitriles is 1. The summed E-state index contributed by atoms with van der Waals surface area (Å²) in [6.45, 7) is 3.38. The zero-order valence-electron chi connectivity index (χ0n) is 8.86. The van der Waals surface area contributed by atoms with Gasteiger partial charge in [-0.05, 0) is 0 Å². The van der Waals surface area contributed by atoms with Crippen molar-refractivity contribution in [3.05, 3.63) is 12.2 Å². The Kier molecular flexibility index (Phi) is 6.11. The minimum absolute atomic E-state index is 0.00999. The van der Waals surface area contributed by atoms with Crippen molar-refractivity contribution < 1.29 is 18.4 Å². The summed E-state index contributed by atoms with van der Waals surface area (Å²) >= 11 is 0. The highest BCUT2D eigenvalue weighted by Gasteiger charge is 2.22. The Hall–Kier alpha value is -0.950. The van der Waals surface area contributed by atoms with Crippen LogP contribution in [0.1, 0.15) is 12.8 Å². The van der Waals surface area contributed by atoms with Crippen LogP contribution in [0.5, 0.6) is 0 Å². The normalized spacial score (nSPS) is 10.7. The van der Waals surface area contributed by atoms with Gasteiger partial charge in [0.05, 0.1) is 12.2 Å². The van der Waals surface area contributed by atoms with E-state index in [0.29, 0.717) is 0 Å². The van der Waals surface area contributed by atoms with Gasteiger partial charge in [-0.25, -0.2) is 0 Å². The van der Waals surface area contributed by atoms with Gasteiger partial charge in [0.1, 0.15) is 5.78 Å². The molecule has 5 nitrogen and oxygen atoms in total. The van der Waals surface area contributed by atoms with E-state index in [1.54, 1.807) is 6.07 Å². The van der Waals surface area contributed by atoms with Crippen LogP contribution in [-0.4, -0.2) is 26.2 Å². The van der Waals surface area contributed by atoms with Crippen LogP contribution < -0.4 is 0 Å². The second kappa shape index (κ2) is 6.52. The second-order valence-electron chi connectivity index (χ2n) is 2.88. The molecule has 0 aromatic rings. The van der Waals surface area contributed by atoms with E-state index in [2.05, 4.69) is 15.6 Å². The van der Waals surface area contributed by atoms with Crippen LogP contribution in [0.15, 0.2) is 12.2 Å². The molecule has 0 radical (unpaired) electrons. The van der Waals surface area contributed by atoms with Gasteiger partial charge in [0.25, 0.3) is 0 Å². The van der Waals surface area contributed by atoms with Gasteiger partial charge >= 0.3 is 7.60 Å². The van der Waals surface area contributed by atoms with Gasteiger partial charge in [-0.2, -0.15) is 5.26 Å². The molecule has 0 rings (SSSR count). The molecule has 0 spiro atoms. The Morgan fingerprint density at radius 1 is 1.47 bits per heavy atom. The van der Waals surface area contributed by atoms with Crippen LogP contribution >= 0.6 is 7.60 Å². The number of allylic oxidation sites excluding steroid dienone is 1. The molecular weight excluding hydrogens is 217 g/mol. The fraction of sp³-hybridized carbons (Fsp3) is 0.556. The molecular formula is C9H14NO4P. The molecule has 0 aliphatic heterocycles. The van der Waals surface area contributed by atoms with E-state index in [-0.39, 0.29) is 30.4 Å². The SMILES string of the molecule is C=C(C#N)CC(=O)CCP(=O)(OC)OC. The molecule has 0 heterocycles. The maximum Gasteiger partial charge on any atom is 0.330 e. The summed E-state index contributed by atoms with van der Waals surface area (Å²) < 4.78 is 20.9. The number of hydrogen-bond donors (Lipinski definition) is 0. The standard InChI is InChI=1S/C9H14NO4P/c1-8(7-10)6-9(11)4-5-15(12,13-2)14-3/h1,4-6H2,2-3H3. The minimum atomic E-state index is -3.12. The first kappa shape index (κ1) is 14.1. The highest BCUT2D eigenvalue weighted by Crippen LogP contribution is 2.46. The predicted octanol–water partition coefficient (Wildman–Crippen LogP) is 1.90. The zero-order chi connectivity index (χ0) is 11.9. The predicted molar refractivity (Wildman–Crippen MR) is 55.5 cm³/mol. The maximum atomic E-state index is 11.5. The molecule has 0 amide bonds. The molecule has 0 aromatic heterocycles. The third-order valence-corrected chi connectivity index (χ3v) is 3.67. The monoisotopic (exact) mass is 231 g/mol. The highest BCUT2D eigenvalue weighted by atomic mass is 31.2. The smallest absolute Gasteiger partial charge is 0.312 e. The van der Waals surface area contributed by atoms with E-state index >= 15 is 0 Å². The maximum absolute atomic E-state index is 11.5. The lowest BCUT2D eigenvalue weighted by Gasteiger charge is -2.12.